The number of amides is 2. The molecule has 0 fully saturated rings. The standard InChI is InChI=1S/C24H31FN2O3/c1-6-21(24(29)26-16(2)3)27(14-19-9-11-20(25)12-10-19)23(28)15-30-22-13-17(4)7-8-18(22)5/h7-13,16,21H,6,14-15H2,1-5H3,(H,26,29)/t21-/m0/s1. The van der Waals surface area contributed by atoms with Crippen molar-refractivity contribution in [3.63, 3.8) is 0 Å². The molecule has 0 radical (unpaired) electrons. The van der Waals surface area contributed by atoms with Crippen LogP contribution in [0.2, 0.25) is 0 Å². The summed E-state index contributed by atoms with van der Waals surface area (Å²) in [6, 6.07) is 11.1. The van der Waals surface area contributed by atoms with Crippen molar-refractivity contribution in [1.29, 1.82) is 0 Å². The second kappa shape index (κ2) is 10.8. The molecule has 0 bridgehead atoms. The van der Waals surface area contributed by atoms with E-state index in [0.29, 0.717) is 12.2 Å². The Morgan fingerprint density at radius 3 is 2.37 bits per heavy atom. The zero-order valence-corrected chi connectivity index (χ0v) is 18.4. The lowest BCUT2D eigenvalue weighted by Crippen LogP contribution is -2.51. The summed E-state index contributed by atoms with van der Waals surface area (Å²) in [5, 5.41) is 2.88. The molecule has 0 aliphatic rings. The summed E-state index contributed by atoms with van der Waals surface area (Å²) >= 11 is 0. The number of aryl methyl sites for hydroxylation is 2. The predicted octanol–water partition coefficient (Wildman–Crippen LogP) is 4.15. The van der Waals surface area contributed by atoms with Gasteiger partial charge in [0, 0.05) is 12.6 Å². The third kappa shape index (κ3) is 6.58. The van der Waals surface area contributed by atoms with Crippen LogP contribution in [-0.2, 0) is 16.1 Å². The summed E-state index contributed by atoms with van der Waals surface area (Å²) < 4.78 is 19.1. The molecule has 0 spiro atoms. The van der Waals surface area contributed by atoms with Gasteiger partial charge < -0.3 is 15.0 Å². The maximum absolute atomic E-state index is 13.3. The Morgan fingerprint density at radius 2 is 1.77 bits per heavy atom. The Kier molecular flexibility index (Phi) is 8.39. The second-order valence-corrected chi connectivity index (χ2v) is 7.79. The number of benzene rings is 2. The Balaban J connectivity index is 2.23. The Bertz CT molecular complexity index is 865. The number of nitrogens with one attached hydrogen (secondary N) is 1. The second-order valence-electron chi connectivity index (χ2n) is 7.79. The minimum Gasteiger partial charge on any atom is -0.483 e. The SMILES string of the molecule is CC[C@@H](C(=O)NC(C)C)N(Cc1ccc(F)cc1)C(=O)COc1cc(C)ccc1C. The summed E-state index contributed by atoms with van der Waals surface area (Å²) in [6.07, 6.45) is 0.453. The van der Waals surface area contributed by atoms with Gasteiger partial charge in [-0.2, -0.15) is 0 Å². The molecule has 0 heterocycles. The summed E-state index contributed by atoms with van der Waals surface area (Å²) in [4.78, 5) is 27.4. The van der Waals surface area contributed by atoms with Gasteiger partial charge in [0.15, 0.2) is 6.61 Å². The molecule has 0 aromatic heterocycles. The van der Waals surface area contributed by atoms with Gasteiger partial charge in [-0.05, 0) is 69.0 Å². The number of nitrogens with zero attached hydrogens (tertiary/aromatic N) is 1. The van der Waals surface area contributed by atoms with Crippen LogP contribution < -0.4 is 10.1 Å². The first kappa shape index (κ1) is 23.4. The number of hydrogen-bond donors (Lipinski definition) is 1. The highest BCUT2D eigenvalue weighted by atomic mass is 19.1. The van der Waals surface area contributed by atoms with Gasteiger partial charge in [0.25, 0.3) is 5.91 Å². The lowest BCUT2D eigenvalue weighted by Gasteiger charge is -2.31. The number of hydrogen-bond acceptors (Lipinski definition) is 3. The first-order valence-corrected chi connectivity index (χ1v) is 10.3. The van der Waals surface area contributed by atoms with Gasteiger partial charge in [-0.3, -0.25) is 9.59 Å². The smallest absolute Gasteiger partial charge is 0.261 e. The van der Waals surface area contributed by atoms with Crippen LogP contribution in [0.3, 0.4) is 0 Å². The van der Waals surface area contributed by atoms with Crippen molar-refractivity contribution < 1.29 is 18.7 Å². The maximum atomic E-state index is 13.3. The first-order chi connectivity index (χ1) is 14.2. The number of carbonyl (C=O) groups is 2. The molecule has 0 aliphatic carbocycles. The summed E-state index contributed by atoms with van der Waals surface area (Å²) in [6.45, 7) is 9.50. The molecule has 2 aromatic rings. The molecule has 2 rings (SSSR count). The van der Waals surface area contributed by atoms with E-state index < -0.39 is 6.04 Å². The van der Waals surface area contributed by atoms with Crippen LogP contribution in [0.25, 0.3) is 0 Å². The number of rotatable bonds is 9. The molecule has 0 aliphatic heterocycles. The topological polar surface area (TPSA) is 58.6 Å². The molecule has 1 atom stereocenters. The van der Waals surface area contributed by atoms with Crippen LogP contribution in [0.4, 0.5) is 4.39 Å². The summed E-state index contributed by atoms with van der Waals surface area (Å²) in [5.74, 6) is -0.218. The minimum atomic E-state index is -0.646. The average molecular weight is 415 g/mol. The predicted molar refractivity (Wildman–Crippen MR) is 116 cm³/mol. The molecule has 2 aromatic carbocycles. The van der Waals surface area contributed by atoms with Crippen molar-refractivity contribution >= 4 is 11.8 Å². The third-order valence-electron chi connectivity index (χ3n) is 4.78. The zero-order valence-electron chi connectivity index (χ0n) is 18.4. The van der Waals surface area contributed by atoms with E-state index in [9.17, 15) is 14.0 Å². The Morgan fingerprint density at radius 1 is 1.10 bits per heavy atom. The van der Waals surface area contributed by atoms with Gasteiger partial charge in [0.2, 0.25) is 5.91 Å². The van der Waals surface area contributed by atoms with Crippen molar-refractivity contribution in [1.82, 2.24) is 10.2 Å². The molecule has 1 N–H and O–H groups in total. The third-order valence-corrected chi connectivity index (χ3v) is 4.78. The van der Waals surface area contributed by atoms with Crippen molar-refractivity contribution in [2.24, 2.45) is 0 Å². The number of ether oxygens (including phenoxy) is 1. The average Bonchev–Trinajstić information content (AvgIpc) is 2.69. The largest absolute Gasteiger partial charge is 0.483 e. The van der Waals surface area contributed by atoms with Gasteiger partial charge in [-0.25, -0.2) is 4.39 Å². The van der Waals surface area contributed by atoms with E-state index in [0.717, 1.165) is 16.7 Å². The van der Waals surface area contributed by atoms with Gasteiger partial charge in [0.05, 0.1) is 0 Å². The van der Waals surface area contributed by atoms with E-state index in [1.807, 2.05) is 52.8 Å². The van der Waals surface area contributed by atoms with Crippen molar-refractivity contribution in [2.45, 2.75) is 59.7 Å². The maximum Gasteiger partial charge on any atom is 0.261 e. The molecule has 6 heteroatoms. The molecular weight excluding hydrogens is 383 g/mol. The highest BCUT2D eigenvalue weighted by Crippen LogP contribution is 2.20. The highest BCUT2D eigenvalue weighted by molar-refractivity contribution is 5.88. The van der Waals surface area contributed by atoms with Gasteiger partial charge in [0.1, 0.15) is 17.6 Å². The van der Waals surface area contributed by atoms with E-state index in [2.05, 4.69) is 5.32 Å². The minimum absolute atomic E-state index is 0.0412. The highest BCUT2D eigenvalue weighted by Gasteiger charge is 2.29. The summed E-state index contributed by atoms with van der Waals surface area (Å²) in [7, 11) is 0. The quantitative estimate of drug-likeness (QED) is 0.671. The fourth-order valence-electron chi connectivity index (χ4n) is 3.17. The van der Waals surface area contributed by atoms with E-state index in [1.165, 1.54) is 17.0 Å². The summed E-state index contributed by atoms with van der Waals surface area (Å²) in [5.41, 5.74) is 2.71. The van der Waals surface area contributed by atoms with Crippen LogP contribution >= 0.6 is 0 Å². The molecule has 30 heavy (non-hydrogen) atoms. The van der Waals surface area contributed by atoms with Gasteiger partial charge in [-0.15, -0.1) is 0 Å². The first-order valence-electron chi connectivity index (χ1n) is 10.3. The Hall–Kier alpha value is -2.89. The number of halogens is 1. The fraction of sp³-hybridized carbons (Fsp3) is 0.417. The van der Waals surface area contributed by atoms with Gasteiger partial charge >= 0.3 is 0 Å². The molecule has 2 amide bonds. The van der Waals surface area contributed by atoms with Crippen LogP contribution in [-0.4, -0.2) is 35.4 Å². The lowest BCUT2D eigenvalue weighted by molar-refractivity contribution is -0.143. The van der Waals surface area contributed by atoms with E-state index in [4.69, 9.17) is 4.74 Å². The van der Waals surface area contributed by atoms with E-state index in [-0.39, 0.29) is 36.8 Å². The van der Waals surface area contributed by atoms with Gasteiger partial charge in [-0.1, -0.05) is 31.2 Å². The molecule has 0 saturated heterocycles. The normalized spacial score (nSPS) is 11.8. The van der Waals surface area contributed by atoms with Crippen molar-refractivity contribution in [2.75, 3.05) is 6.61 Å². The van der Waals surface area contributed by atoms with Crippen LogP contribution in [0.5, 0.6) is 5.75 Å². The molecular formula is C24H31FN2O3. The van der Waals surface area contributed by atoms with E-state index >= 15 is 0 Å². The monoisotopic (exact) mass is 414 g/mol. The van der Waals surface area contributed by atoms with E-state index in [1.54, 1.807) is 12.1 Å². The molecule has 0 saturated carbocycles. The Labute approximate surface area is 178 Å². The van der Waals surface area contributed by atoms with Crippen LogP contribution in [0, 0.1) is 19.7 Å². The fourth-order valence-corrected chi connectivity index (χ4v) is 3.17. The van der Waals surface area contributed by atoms with Crippen LogP contribution in [0.1, 0.15) is 43.9 Å². The molecule has 5 nitrogen and oxygen atoms in total. The lowest BCUT2D eigenvalue weighted by atomic mass is 10.1. The zero-order chi connectivity index (χ0) is 22.3. The van der Waals surface area contributed by atoms with Crippen molar-refractivity contribution in [3.05, 3.63) is 65.0 Å². The van der Waals surface area contributed by atoms with Crippen molar-refractivity contribution in [3.8, 4) is 5.75 Å². The van der Waals surface area contributed by atoms with Crippen LogP contribution in [0.15, 0.2) is 42.5 Å². The molecule has 0 unspecified atom stereocenters. The number of carbonyl (C=O) groups excluding carboxylic acids is 2. The molecule has 162 valence electrons.